The molecule has 0 aliphatic carbocycles. The SMILES string of the molecule is Cc1cccc2nn(C)cc12. The fourth-order valence-corrected chi connectivity index (χ4v) is 1.31. The summed E-state index contributed by atoms with van der Waals surface area (Å²) in [6.07, 6.45) is 2.05. The highest BCUT2D eigenvalue weighted by Crippen LogP contribution is 2.15. The third kappa shape index (κ3) is 0.909. The predicted octanol–water partition coefficient (Wildman–Crippen LogP) is 1.88. The Hall–Kier alpha value is -1.31. The Bertz CT molecular complexity index is 387. The van der Waals surface area contributed by atoms with Crippen molar-refractivity contribution in [3.63, 3.8) is 0 Å². The molecule has 0 atom stereocenters. The van der Waals surface area contributed by atoms with Crippen LogP contribution in [0.5, 0.6) is 0 Å². The lowest BCUT2D eigenvalue weighted by Crippen LogP contribution is -1.84. The maximum Gasteiger partial charge on any atom is 0.0925 e. The zero-order chi connectivity index (χ0) is 7.84. The Morgan fingerprint density at radius 2 is 2.18 bits per heavy atom. The molecule has 0 saturated heterocycles. The highest BCUT2D eigenvalue weighted by Gasteiger charge is 1.98. The van der Waals surface area contributed by atoms with Crippen LogP contribution in [0.25, 0.3) is 10.9 Å². The predicted molar refractivity (Wildman–Crippen MR) is 45.5 cm³/mol. The minimum atomic E-state index is 1.08. The van der Waals surface area contributed by atoms with Crippen LogP contribution in [0, 0.1) is 6.92 Å². The first-order valence-electron chi connectivity index (χ1n) is 3.66. The van der Waals surface area contributed by atoms with E-state index in [1.165, 1.54) is 10.9 Å². The molecule has 1 heterocycles. The second-order valence-corrected chi connectivity index (χ2v) is 2.81. The Kier molecular flexibility index (Phi) is 1.22. The van der Waals surface area contributed by atoms with E-state index < -0.39 is 0 Å². The van der Waals surface area contributed by atoms with E-state index in [9.17, 15) is 0 Å². The van der Waals surface area contributed by atoms with Crippen molar-refractivity contribution in [3.8, 4) is 0 Å². The Balaban J connectivity index is 2.90. The smallest absolute Gasteiger partial charge is 0.0925 e. The fraction of sp³-hybridized carbons (Fsp3) is 0.222. The van der Waals surface area contributed by atoms with E-state index in [1.54, 1.807) is 0 Å². The van der Waals surface area contributed by atoms with Crippen molar-refractivity contribution in [2.24, 2.45) is 7.05 Å². The van der Waals surface area contributed by atoms with Gasteiger partial charge in [0.25, 0.3) is 0 Å². The monoisotopic (exact) mass is 146 g/mol. The zero-order valence-electron chi connectivity index (χ0n) is 6.70. The summed E-state index contributed by atoms with van der Waals surface area (Å²) < 4.78 is 1.84. The molecule has 0 radical (unpaired) electrons. The van der Waals surface area contributed by atoms with Crippen LogP contribution in [0.15, 0.2) is 24.4 Å². The third-order valence-electron chi connectivity index (χ3n) is 1.88. The molecule has 0 aliphatic rings. The average Bonchev–Trinajstić information content (AvgIpc) is 2.31. The molecule has 0 unspecified atom stereocenters. The van der Waals surface area contributed by atoms with Crippen molar-refractivity contribution in [2.75, 3.05) is 0 Å². The summed E-state index contributed by atoms with van der Waals surface area (Å²) in [6, 6.07) is 6.16. The molecule has 2 aromatic rings. The number of rotatable bonds is 0. The van der Waals surface area contributed by atoms with Crippen molar-refractivity contribution in [1.29, 1.82) is 0 Å². The van der Waals surface area contributed by atoms with Gasteiger partial charge in [0.2, 0.25) is 0 Å². The number of hydrogen-bond donors (Lipinski definition) is 0. The fourth-order valence-electron chi connectivity index (χ4n) is 1.31. The van der Waals surface area contributed by atoms with Gasteiger partial charge in [-0.3, -0.25) is 4.68 Å². The lowest BCUT2D eigenvalue weighted by Gasteiger charge is -1.90. The summed E-state index contributed by atoms with van der Waals surface area (Å²) in [5, 5.41) is 5.54. The highest BCUT2D eigenvalue weighted by molar-refractivity contribution is 5.81. The molecule has 56 valence electrons. The molecule has 1 aromatic heterocycles. The van der Waals surface area contributed by atoms with Crippen LogP contribution in [0.2, 0.25) is 0 Å². The molecule has 0 spiro atoms. The van der Waals surface area contributed by atoms with Crippen LogP contribution in [0.1, 0.15) is 5.56 Å². The van der Waals surface area contributed by atoms with Gasteiger partial charge in [-0.15, -0.1) is 0 Å². The summed E-state index contributed by atoms with van der Waals surface area (Å²) in [7, 11) is 1.94. The van der Waals surface area contributed by atoms with Crippen LogP contribution in [0.4, 0.5) is 0 Å². The topological polar surface area (TPSA) is 17.8 Å². The molecule has 11 heavy (non-hydrogen) atoms. The molecule has 2 nitrogen and oxygen atoms in total. The molecule has 0 N–H and O–H groups in total. The molecular weight excluding hydrogens is 136 g/mol. The van der Waals surface area contributed by atoms with Crippen LogP contribution in [-0.2, 0) is 7.05 Å². The van der Waals surface area contributed by atoms with Crippen molar-refractivity contribution < 1.29 is 0 Å². The number of aromatic nitrogens is 2. The quantitative estimate of drug-likeness (QED) is 0.555. The molecule has 0 saturated carbocycles. The molecule has 0 amide bonds. The first kappa shape index (κ1) is 6.40. The molecule has 2 heteroatoms. The Morgan fingerprint density at radius 1 is 1.36 bits per heavy atom. The van der Waals surface area contributed by atoms with Gasteiger partial charge in [-0.25, -0.2) is 0 Å². The minimum absolute atomic E-state index is 1.08. The van der Waals surface area contributed by atoms with Crippen LogP contribution in [0.3, 0.4) is 0 Å². The highest BCUT2D eigenvalue weighted by atomic mass is 15.2. The second-order valence-electron chi connectivity index (χ2n) is 2.81. The van der Waals surface area contributed by atoms with E-state index in [2.05, 4.69) is 18.1 Å². The summed E-state index contributed by atoms with van der Waals surface area (Å²) in [5.41, 5.74) is 2.36. The van der Waals surface area contributed by atoms with Crippen molar-refractivity contribution in [3.05, 3.63) is 30.0 Å². The first-order chi connectivity index (χ1) is 5.27. The van der Waals surface area contributed by atoms with Gasteiger partial charge in [-0.1, -0.05) is 12.1 Å². The van der Waals surface area contributed by atoms with E-state index in [4.69, 9.17) is 0 Å². The van der Waals surface area contributed by atoms with Gasteiger partial charge in [0.05, 0.1) is 5.52 Å². The number of nitrogens with zero attached hydrogens (tertiary/aromatic N) is 2. The maximum absolute atomic E-state index is 4.29. The van der Waals surface area contributed by atoms with Gasteiger partial charge in [-0.2, -0.15) is 5.10 Å². The van der Waals surface area contributed by atoms with E-state index in [1.807, 2.05) is 30.1 Å². The summed E-state index contributed by atoms with van der Waals surface area (Å²) in [6.45, 7) is 2.10. The first-order valence-corrected chi connectivity index (χ1v) is 3.66. The second kappa shape index (κ2) is 2.09. The average molecular weight is 146 g/mol. The number of hydrogen-bond acceptors (Lipinski definition) is 1. The molecule has 0 aliphatic heterocycles. The number of fused-ring (bicyclic) bond motifs is 1. The lowest BCUT2D eigenvalue weighted by molar-refractivity contribution is 0.779. The summed E-state index contributed by atoms with van der Waals surface area (Å²) in [5.74, 6) is 0. The van der Waals surface area contributed by atoms with E-state index in [-0.39, 0.29) is 0 Å². The molecule has 0 fully saturated rings. The van der Waals surface area contributed by atoms with E-state index in [0.717, 1.165) is 5.52 Å². The Morgan fingerprint density at radius 3 is 2.91 bits per heavy atom. The standard InChI is InChI=1S/C9H10N2/c1-7-4-3-5-9-8(7)6-11(2)10-9/h3-6H,1-2H3. The van der Waals surface area contributed by atoms with Gasteiger partial charge in [-0.05, 0) is 18.6 Å². The Labute approximate surface area is 65.5 Å². The molecule has 0 bridgehead atoms. The van der Waals surface area contributed by atoms with Gasteiger partial charge in [0, 0.05) is 18.6 Å². The van der Waals surface area contributed by atoms with Crippen LogP contribution >= 0.6 is 0 Å². The van der Waals surface area contributed by atoms with Crippen molar-refractivity contribution in [1.82, 2.24) is 9.78 Å². The van der Waals surface area contributed by atoms with Crippen LogP contribution in [-0.4, -0.2) is 9.78 Å². The summed E-state index contributed by atoms with van der Waals surface area (Å²) >= 11 is 0. The zero-order valence-corrected chi connectivity index (χ0v) is 6.70. The van der Waals surface area contributed by atoms with Crippen LogP contribution < -0.4 is 0 Å². The minimum Gasteiger partial charge on any atom is -0.275 e. The lowest BCUT2D eigenvalue weighted by atomic mass is 10.1. The molecule has 2 rings (SSSR count). The largest absolute Gasteiger partial charge is 0.275 e. The van der Waals surface area contributed by atoms with E-state index in [0.29, 0.717) is 0 Å². The number of benzene rings is 1. The normalized spacial score (nSPS) is 10.7. The number of aryl methyl sites for hydroxylation is 2. The van der Waals surface area contributed by atoms with E-state index >= 15 is 0 Å². The van der Waals surface area contributed by atoms with Gasteiger partial charge in [0.15, 0.2) is 0 Å². The maximum atomic E-state index is 4.29. The third-order valence-corrected chi connectivity index (χ3v) is 1.88. The molecular formula is C9H10N2. The summed E-state index contributed by atoms with van der Waals surface area (Å²) in [4.78, 5) is 0. The van der Waals surface area contributed by atoms with Crippen molar-refractivity contribution in [2.45, 2.75) is 6.92 Å². The molecule has 1 aromatic carbocycles. The van der Waals surface area contributed by atoms with Gasteiger partial charge in [0.1, 0.15) is 0 Å². The van der Waals surface area contributed by atoms with Gasteiger partial charge < -0.3 is 0 Å². The van der Waals surface area contributed by atoms with Crippen molar-refractivity contribution >= 4 is 10.9 Å². The van der Waals surface area contributed by atoms with Gasteiger partial charge >= 0.3 is 0 Å².